The molecule has 134 valence electrons. The number of sulfone groups is 1. The lowest BCUT2D eigenvalue weighted by atomic mass is 9.82. The summed E-state index contributed by atoms with van der Waals surface area (Å²) in [6.07, 6.45) is 7.21. The smallest absolute Gasteiger partial charge is 0.288 e. The Bertz CT molecular complexity index is 684. The highest BCUT2D eigenvalue weighted by Crippen LogP contribution is 2.32. The Hall–Kier alpha value is -1.67. The number of hydrogen-bond acceptors (Lipinski definition) is 6. The first-order chi connectivity index (χ1) is 11.3. The first-order valence-electron chi connectivity index (χ1n) is 8.19. The lowest BCUT2D eigenvalue weighted by Gasteiger charge is -2.31. The number of aliphatic hydroxyl groups is 1. The minimum atomic E-state index is -3.70. The molecule has 7 nitrogen and oxygen atoms in total. The quantitative estimate of drug-likeness (QED) is 0.574. The zero-order chi connectivity index (χ0) is 17.7. The summed E-state index contributed by atoms with van der Waals surface area (Å²) in [5, 5.41) is 23.6. The van der Waals surface area contributed by atoms with Gasteiger partial charge < -0.3 is 10.4 Å². The second-order valence-electron chi connectivity index (χ2n) is 6.37. The van der Waals surface area contributed by atoms with E-state index in [2.05, 4.69) is 5.32 Å². The molecule has 0 aliphatic heterocycles. The van der Waals surface area contributed by atoms with Crippen LogP contribution >= 0.6 is 0 Å². The molecule has 2 N–H and O–H groups in total. The van der Waals surface area contributed by atoms with Crippen LogP contribution in [-0.4, -0.2) is 37.4 Å². The fourth-order valence-corrected chi connectivity index (χ4v) is 4.23. The largest absolute Gasteiger partial charge is 0.396 e. The first kappa shape index (κ1) is 18.7. The standard InChI is InChI=1S/C16H24N2O5S/c1-24(22,23)16-11-13(7-8-15(16)18(20)21)17-14(9-10-19)12-5-3-2-4-6-12/h7-8,11-12,14,17,19H,2-6,9-10H2,1H3. The van der Waals surface area contributed by atoms with Gasteiger partial charge in [0.05, 0.1) is 4.92 Å². The predicted octanol–water partition coefficient (Wildman–Crippen LogP) is 2.74. The number of aliphatic hydroxyl groups excluding tert-OH is 1. The molecule has 1 aromatic carbocycles. The Kier molecular flexibility index (Phi) is 6.17. The van der Waals surface area contributed by atoms with Crippen molar-refractivity contribution >= 4 is 21.2 Å². The van der Waals surface area contributed by atoms with Crippen molar-refractivity contribution in [3.63, 3.8) is 0 Å². The van der Waals surface area contributed by atoms with Crippen LogP contribution < -0.4 is 5.32 Å². The molecule has 0 spiro atoms. The maximum Gasteiger partial charge on any atom is 0.288 e. The number of rotatable bonds is 7. The van der Waals surface area contributed by atoms with Crippen LogP contribution in [0.2, 0.25) is 0 Å². The summed E-state index contributed by atoms with van der Waals surface area (Å²) in [4.78, 5) is 10.1. The summed E-state index contributed by atoms with van der Waals surface area (Å²) in [7, 11) is -3.70. The van der Waals surface area contributed by atoms with Gasteiger partial charge in [-0.2, -0.15) is 0 Å². The molecule has 0 saturated heterocycles. The van der Waals surface area contributed by atoms with E-state index in [1.165, 1.54) is 24.6 Å². The van der Waals surface area contributed by atoms with Crippen molar-refractivity contribution in [3.05, 3.63) is 28.3 Å². The highest BCUT2D eigenvalue weighted by molar-refractivity contribution is 7.90. The van der Waals surface area contributed by atoms with Crippen LogP contribution in [0, 0.1) is 16.0 Å². The molecule has 0 bridgehead atoms. The van der Waals surface area contributed by atoms with Crippen LogP contribution in [0.25, 0.3) is 0 Å². The second-order valence-corrected chi connectivity index (χ2v) is 8.36. The first-order valence-corrected chi connectivity index (χ1v) is 10.1. The SMILES string of the molecule is CS(=O)(=O)c1cc(NC(CCO)C2CCCCC2)ccc1[N+](=O)[O-]. The van der Waals surface area contributed by atoms with Gasteiger partial charge in [-0.1, -0.05) is 19.3 Å². The van der Waals surface area contributed by atoms with Crippen molar-refractivity contribution in [2.24, 2.45) is 5.92 Å². The van der Waals surface area contributed by atoms with Gasteiger partial charge in [0.25, 0.3) is 5.69 Å². The summed E-state index contributed by atoms with van der Waals surface area (Å²) in [6.45, 7) is 0.0417. The number of nitrogens with one attached hydrogen (secondary N) is 1. The molecule has 1 aromatic rings. The summed E-state index contributed by atoms with van der Waals surface area (Å²) in [5.74, 6) is 0.419. The average Bonchev–Trinajstić information content (AvgIpc) is 2.54. The van der Waals surface area contributed by atoms with Crippen molar-refractivity contribution in [1.29, 1.82) is 0 Å². The molecule has 1 fully saturated rings. The Balaban J connectivity index is 2.28. The molecule has 1 unspecified atom stereocenters. The molecular weight excluding hydrogens is 332 g/mol. The van der Waals surface area contributed by atoms with Crippen LogP contribution in [-0.2, 0) is 9.84 Å². The molecule has 8 heteroatoms. The van der Waals surface area contributed by atoms with E-state index < -0.39 is 20.4 Å². The van der Waals surface area contributed by atoms with Crippen molar-refractivity contribution in [3.8, 4) is 0 Å². The van der Waals surface area contributed by atoms with E-state index in [-0.39, 0.29) is 17.5 Å². The molecule has 1 aliphatic carbocycles. The topological polar surface area (TPSA) is 110 Å². The number of nitro benzene ring substituents is 1. The minimum absolute atomic E-state index is 0.0316. The third kappa shape index (κ3) is 4.67. The van der Waals surface area contributed by atoms with E-state index in [1.54, 1.807) is 0 Å². The molecule has 1 atom stereocenters. The van der Waals surface area contributed by atoms with Crippen LogP contribution in [0.4, 0.5) is 11.4 Å². The third-order valence-electron chi connectivity index (χ3n) is 4.57. The van der Waals surface area contributed by atoms with E-state index in [0.717, 1.165) is 31.9 Å². The second kappa shape index (κ2) is 7.94. The predicted molar refractivity (Wildman–Crippen MR) is 91.9 cm³/mol. The number of benzene rings is 1. The van der Waals surface area contributed by atoms with E-state index in [0.29, 0.717) is 18.0 Å². The minimum Gasteiger partial charge on any atom is -0.396 e. The zero-order valence-electron chi connectivity index (χ0n) is 13.8. The van der Waals surface area contributed by atoms with E-state index >= 15 is 0 Å². The number of nitrogens with zero attached hydrogens (tertiary/aromatic N) is 1. The number of hydrogen-bond donors (Lipinski definition) is 2. The molecule has 0 aromatic heterocycles. The van der Waals surface area contributed by atoms with Crippen molar-refractivity contribution in [1.82, 2.24) is 0 Å². The lowest BCUT2D eigenvalue weighted by molar-refractivity contribution is -0.387. The maximum absolute atomic E-state index is 11.9. The fraction of sp³-hybridized carbons (Fsp3) is 0.625. The lowest BCUT2D eigenvalue weighted by Crippen LogP contribution is -2.31. The van der Waals surface area contributed by atoms with Gasteiger partial charge >= 0.3 is 0 Å². The van der Waals surface area contributed by atoms with E-state index in [9.17, 15) is 23.6 Å². The van der Waals surface area contributed by atoms with Crippen LogP contribution in [0.5, 0.6) is 0 Å². The van der Waals surface area contributed by atoms with Gasteiger partial charge in [-0.15, -0.1) is 0 Å². The highest BCUT2D eigenvalue weighted by Gasteiger charge is 2.26. The molecular formula is C16H24N2O5S. The Morgan fingerprint density at radius 1 is 1.33 bits per heavy atom. The third-order valence-corrected chi connectivity index (χ3v) is 5.69. The summed E-state index contributed by atoms with van der Waals surface area (Å²) >= 11 is 0. The maximum atomic E-state index is 11.9. The van der Waals surface area contributed by atoms with Crippen LogP contribution in [0.3, 0.4) is 0 Å². The summed E-state index contributed by atoms with van der Waals surface area (Å²) in [5.41, 5.74) is 0.115. The van der Waals surface area contributed by atoms with Gasteiger partial charge in [-0.3, -0.25) is 10.1 Å². The van der Waals surface area contributed by atoms with E-state index in [4.69, 9.17) is 0 Å². The molecule has 2 rings (SSSR count). The monoisotopic (exact) mass is 356 g/mol. The van der Waals surface area contributed by atoms with Crippen molar-refractivity contribution in [2.75, 3.05) is 18.2 Å². The Morgan fingerprint density at radius 2 is 2.00 bits per heavy atom. The fourth-order valence-electron chi connectivity index (χ4n) is 3.37. The van der Waals surface area contributed by atoms with Crippen LogP contribution in [0.15, 0.2) is 23.1 Å². The van der Waals surface area contributed by atoms with Gasteiger partial charge in [0.2, 0.25) is 0 Å². The summed E-state index contributed by atoms with van der Waals surface area (Å²) in [6, 6.07) is 4.10. The number of nitro groups is 1. The number of anilines is 1. The van der Waals surface area contributed by atoms with Crippen molar-refractivity contribution < 1.29 is 18.4 Å². The average molecular weight is 356 g/mol. The molecule has 1 saturated carbocycles. The molecule has 0 radical (unpaired) electrons. The normalized spacial score (nSPS) is 17.4. The van der Waals surface area contributed by atoms with Gasteiger partial charge in [0.15, 0.2) is 9.84 Å². The molecule has 1 aliphatic rings. The highest BCUT2D eigenvalue weighted by atomic mass is 32.2. The van der Waals surface area contributed by atoms with Crippen LogP contribution in [0.1, 0.15) is 38.5 Å². The zero-order valence-corrected chi connectivity index (χ0v) is 14.6. The van der Waals surface area contributed by atoms with Gasteiger partial charge in [-0.25, -0.2) is 8.42 Å². The molecule has 0 amide bonds. The van der Waals surface area contributed by atoms with Gasteiger partial charge in [0, 0.05) is 30.7 Å². The molecule has 0 heterocycles. The Labute approximate surface area is 142 Å². The van der Waals surface area contributed by atoms with E-state index in [1.807, 2.05) is 0 Å². The molecule has 24 heavy (non-hydrogen) atoms. The van der Waals surface area contributed by atoms with Crippen molar-refractivity contribution in [2.45, 2.75) is 49.5 Å². The van der Waals surface area contributed by atoms with Gasteiger partial charge in [-0.05, 0) is 37.3 Å². The Morgan fingerprint density at radius 3 is 2.54 bits per heavy atom. The van der Waals surface area contributed by atoms with Gasteiger partial charge in [0.1, 0.15) is 4.90 Å². The summed E-state index contributed by atoms with van der Waals surface area (Å²) < 4.78 is 23.7.